The summed E-state index contributed by atoms with van der Waals surface area (Å²) >= 11 is 11.8. The van der Waals surface area contributed by atoms with Crippen LogP contribution in [0.25, 0.3) is 0 Å². The third kappa shape index (κ3) is 2.88. The third-order valence-electron chi connectivity index (χ3n) is 3.72. The van der Waals surface area contributed by atoms with Crippen LogP contribution in [-0.4, -0.2) is 28.7 Å². The molecule has 122 valence electrons. The maximum atomic E-state index is 12.4. The van der Waals surface area contributed by atoms with E-state index in [2.05, 4.69) is 5.32 Å². The number of halogens is 2. The molecule has 1 unspecified atom stereocenters. The van der Waals surface area contributed by atoms with Gasteiger partial charge in [0.05, 0.1) is 11.1 Å². The average molecular weight is 363 g/mol. The molecule has 24 heavy (non-hydrogen) atoms. The number of carbonyl (C=O) groups is 3. The van der Waals surface area contributed by atoms with Crippen LogP contribution in [-0.2, 0) is 4.79 Å². The van der Waals surface area contributed by atoms with Gasteiger partial charge < -0.3 is 5.32 Å². The fraction of sp³-hybridized carbons (Fsp3) is 0.118. The van der Waals surface area contributed by atoms with Gasteiger partial charge in [-0.25, -0.2) is 0 Å². The molecule has 0 radical (unpaired) electrons. The molecule has 1 N–H and O–H groups in total. The molecule has 0 saturated carbocycles. The van der Waals surface area contributed by atoms with Gasteiger partial charge in [-0.05, 0) is 37.3 Å². The Hall–Kier alpha value is -2.37. The van der Waals surface area contributed by atoms with E-state index in [1.165, 1.54) is 25.1 Å². The summed E-state index contributed by atoms with van der Waals surface area (Å²) in [4.78, 5) is 38.2. The predicted octanol–water partition coefficient (Wildman–Crippen LogP) is 3.62. The Morgan fingerprint density at radius 2 is 1.50 bits per heavy atom. The van der Waals surface area contributed by atoms with Gasteiger partial charge in [0.25, 0.3) is 11.8 Å². The van der Waals surface area contributed by atoms with E-state index in [1.807, 2.05) is 0 Å². The topological polar surface area (TPSA) is 66.5 Å². The van der Waals surface area contributed by atoms with Crippen LogP contribution in [0.3, 0.4) is 0 Å². The Kier molecular flexibility index (Phi) is 4.30. The van der Waals surface area contributed by atoms with Crippen LogP contribution in [0.2, 0.25) is 10.0 Å². The quantitative estimate of drug-likeness (QED) is 0.848. The lowest BCUT2D eigenvalue weighted by Gasteiger charge is -2.21. The SMILES string of the molecule is CC(C(=O)Nc1cc(Cl)cc(Cl)c1)N1C(=O)c2ccccc2C1=O. The molecule has 2 aromatic carbocycles. The Bertz CT molecular complexity index is 811. The molecular formula is C17H12Cl2N2O3. The molecule has 0 fully saturated rings. The summed E-state index contributed by atoms with van der Waals surface area (Å²) in [6, 6.07) is 10.1. The van der Waals surface area contributed by atoms with E-state index in [9.17, 15) is 14.4 Å². The van der Waals surface area contributed by atoms with Crippen LogP contribution in [0, 0.1) is 0 Å². The first-order chi connectivity index (χ1) is 11.4. The zero-order chi connectivity index (χ0) is 17.4. The summed E-state index contributed by atoms with van der Waals surface area (Å²) in [6.07, 6.45) is 0. The highest BCUT2D eigenvalue weighted by molar-refractivity contribution is 6.35. The summed E-state index contributed by atoms with van der Waals surface area (Å²) in [5, 5.41) is 3.35. The molecule has 0 spiro atoms. The number of hydrogen-bond donors (Lipinski definition) is 1. The van der Waals surface area contributed by atoms with Crippen molar-refractivity contribution in [3.8, 4) is 0 Å². The number of fused-ring (bicyclic) bond motifs is 1. The van der Waals surface area contributed by atoms with Gasteiger partial charge in [-0.1, -0.05) is 35.3 Å². The van der Waals surface area contributed by atoms with E-state index in [0.717, 1.165) is 4.90 Å². The lowest BCUT2D eigenvalue weighted by molar-refractivity contribution is -0.119. The largest absolute Gasteiger partial charge is 0.324 e. The van der Waals surface area contributed by atoms with Gasteiger partial charge in [-0.3, -0.25) is 19.3 Å². The smallest absolute Gasteiger partial charge is 0.262 e. The normalized spacial score (nSPS) is 14.5. The van der Waals surface area contributed by atoms with Crippen LogP contribution in [0.15, 0.2) is 42.5 Å². The van der Waals surface area contributed by atoms with Gasteiger partial charge in [0, 0.05) is 15.7 Å². The highest BCUT2D eigenvalue weighted by Gasteiger charge is 2.40. The van der Waals surface area contributed by atoms with Crippen molar-refractivity contribution in [3.05, 3.63) is 63.6 Å². The molecule has 3 rings (SSSR count). The van der Waals surface area contributed by atoms with E-state index in [1.54, 1.807) is 24.3 Å². The van der Waals surface area contributed by atoms with Crippen LogP contribution in [0.5, 0.6) is 0 Å². The van der Waals surface area contributed by atoms with Crippen molar-refractivity contribution in [2.24, 2.45) is 0 Å². The second-order valence-electron chi connectivity index (χ2n) is 5.35. The molecule has 1 aliphatic rings. The van der Waals surface area contributed by atoms with E-state index < -0.39 is 23.8 Å². The monoisotopic (exact) mass is 362 g/mol. The summed E-state index contributed by atoms with van der Waals surface area (Å²) < 4.78 is 0. The van der Waals surface area contributed by atoms with Crippen molar-refractivity contribution in [3.63, 3.8) is 0 Å². The molecule has 3 amide bonds. The van der Waals surface area contributed by atoms with Crippen LogP contribution >= 0.6 is 23.2 Å². The molecule has 0 saturated heterocycles. The molecular weight excluding hydrogens is 351 g/mol. The van der Waals surface area contributed by atoms with Crippen LogP contribution < -0.4 is 5.32 Å². The average Bonchev–Trinajstić information content (AvgIpc) is 2.77. The summed E-state index contributed by atoms with van der Waals surface area (Å²) in [5.41, 5.74) is 0.988. The number of benzene rings is 2. The Balaban J connectivity index is 1.82. The van der Waals surface area contributed by atoms with Crippen LogP contribution in [0.1, 0.15) is 27.6 Å². The summed E-state index contributed by atoms with van der Waals surface area (Å²) in [7, 11) is 0. The lowest BCUT2D eigenvalue weighted by atomic mass is 10.1. The van der Waals surface area contributed by atoms with Crippen LogP contribution in [0.4, 0.5) is 5.69 Å². The van der Waals surface area contributed by atoms with E-state index in [-0.39, 0.29) is 0 Å². The fourth-order valence-electron chi connectivity index (χ4n) is 2.55. The Morgan fingerprint density at radius 1 is 1.00 bits per heavy atom. The molecule has 1 atom stereocenters. The number of rotatable bonds is 3. The number of carbonyl (C=O) groups excluding carboxylic acids is 3. The van der Waals surface area contributed by atoms with Gasteiger partial charge in [-0.2, -0.15) is 0 Å². The standard InChI is InChI=1S/C17H12Cl2N2O3/c1-9(15(22)20-12-7-10(18)6-11(19)8-12)21-16(23)13-4-2-3-5-14(13)17(21)24/h2-9H,1H3,(H,20,22). The maximum Gasteiger partial charge on any atom is 0.262 e. The number of anilines is 1. The first kappa shape index (κ1) is 16.5. The molecule has 0 aliphatic carbocycles. The van der Waals surface area contributed by atoms with E-state index in [0.29, 0.717) is 26.9 Å². The molecule has 0 bridgehead atoms. The first-order valence-corrected chi connectivity index (χ1v) is 7.88. The first-order valence-electron chi connectivity index (χ1n) is 7.12. The lowest BCUT2D eigenvalue weighted by Crippen LogP contribution is -2.45. The number of nitrogens with one attached hydrogen (secondary N) is 1. The minimum atomic E-state index is -0.977. The number of nitrogens with zero attached hydrogens (tertiary/aromatic N) is 1. The molecule has 0 aromatic heterocycles. The van der Waals surface area contributed by atoms with Crippen molar-refractivity contribution in [1.82, 2.24) is 4.90 Å². The van der Waals surface area contributed by atoms with E-state index in [4.69, 9.17) is 23.2 Å². The van der Waals surface area contributed by atoms with Gasteiger partial charge in [0.2, 0.25) is 5.91 Å². The highest BCUT2D eigenvalue weighted by atomic mass is 35.5. The predicted molar refractivity (Wildman–Crippen MR) is 91.5 cm³/mol. The zero-order valence-electron chi connectivity index (χ0n) is 12.5. The van der Waals surface area contributed by atoms with Gasteiger partial charge >= 0.3 is 0 Å². The van der Waals surface area contributed by atoms with Crippen molar-refractivity contribution < 1.29 is 14.4 Å². The number of amides is 3. The number of imide groups is 1. The molecule has 5 nitrogen and oxygen atoms in total. The number of hydrogen-bond acceptors (Lipinski definition) is 3. The summed E-state index contributed by atoms with van der Waals surface area (Å²) in [5.74, 6) is -1.48. The fourth-order valence-corrected chi connectivity index (χ4v) is 3.08. The van der Waals surface area contributed by atoms with Gasteiger partial charge in [0.1, 0.15) is 6.04 Å². The summed E-state index contributed by atoms with van der Waals surface area (Å²) in [6.45, 7) is 1.49. The zero-order valence-corrected chi connectivity index (χ0v) is 14.1. The molecule has 1 aliphatic heterocycles. The third-order valence-corrected chi connectivity index (χ3v) is 4.16. The van der Waals surface area contributed by atoms with E-state index >= 15 is 0 Å². The minimum absolute atomic E-state index is 0.299. The van der Waals surface area contributed by atoms with Gasteiger partial charge in [-0.15, -0.1) is 0 Å². The second-order valence-corrected chi connectivity index (χ2v) is 6.22. The van der Waals surface area contributed by atoms with Crippen molar-refractivity contribution >= 4 is 46.6 Å². The second kappa shape index (κ2) is 6.26. The highest BCUT2D eigenvalue weighted by Crippen LogP contribution is 2.26. The maximum absolute atomic E-state index is 12.4. The molecule has 2 aromatic rings. The van der Waals surface area contributed by atoms with Gasteiger partial charge in [0.15, 0.2) is 0 Å². The molecule has 1 heterocycles. The Labute approximate surface area is 148 Å². The minimum Gasteiger partial charge on any atom is -0.324 e. The Morgan fingerprint density at radius 3 is 2.00 bits per heavy atom. The van der Waals surface area contributed by atoms with Crippen molar-refractivity contribution in [2.75, 3.05) is 5.32 Å². The van der Waals surface area contributed by atoms with Crippen molar-refractivity contribution in [2.45, 2.75) is 13.0 Å². The van der Waals surface area contributed by atoms with Crippen molar-refractivity contribution in [1.29, 1.82) is 0 Å². The molecule has 7 heteroatoms.